The Hall–Kier alpha value is -3.41. The van der Waals surface area contributed by atoms with Gasteiger partial charge in [-0.2, -0.15) is 0 Å². The molecule has 0 aliphatic carbocycles. The third kappa shape index (κ3) is 2.89. The zero-order valence-electron chi connectivity index (χ0n) is 13.5. The molecule has 4 rings (SSSR count). The van der Waals surface area contributed by atoms with Crippen LogP contribution in [0.3, 0.4) is 0 Å². The molecule has 0 atom stereocenters. The van der Waals surface area contributed by atoms with Crippen molar-refractivity contribution in [3.05, 3.63) is 78.3 Å². The number of nitrogens with one attached hydrogen (secondary N) is 2. The molecule has 124 valence electrons. The van der Waals surface area contributed by atoms with Crippen LogP contribution >= 0.6 is 0 Å². The van der Waals surface area contributed by atoms with Crippen LogP contribution in [0.4, 0.5) is 10.1 Å². The van der Waals surface area contributed by atoms with E-state index < -0.39 is 0 Å². The number of amides is 1. The summed E-state index contributed by atoms with van der Waals surface area (Å²) in [5, 5.41) is 3.67. The van der Waals surface area contributed by atoms with Crippen LogP contribution in [0.1, 0.15) is 16.1 Å². The number of halogens is 1. The molecule has 0 spiro atoms. The number of hydrogen-bond acceptors (Lipinski definition) is 2. The third-order valence-electron chi connectivity index (χ3n) is 4.08. The molecule has 25 heavy (non-hydrogen) atoms. The van der Waals surface area contributed by atoms with Crippen LogP contribution in [0.2, 0.25) is 0 Å². The van der Waals surface area contributed by atoms with Gasteiger partial charge in [0.1, 0.15) is 11.5 Å². The molecule has 2 heterocycles. The van der Waals surface area contributed by atoms with E-state index in [1.165, 1.54) is 12.1 Å². The van der Waals surface area contributed by atoms with Gasteiger partial charge in [-0.25, -0.2) is 9.37 Å². The van der Waals surface area contributed by atoms with E-state index in [0.717, 1.165) is 16.6 Å². The average Bonchev–Trinajstić information content (AvgIpc) is 3.25. The van der Waals surface area contributed by atoms with Crippen molar-refractivity contribution in [2.24, 2.45) is 0 Å². The SMILES string of the molecule is Cc1cc(F)cc2[nH]c(C(=O)Nc3ccc(-n4ccnc4)cc3)cc12. The lowest BCUT2D eigenvalue weighted by molar-refractivity contribution is 0.102. The second kappa shape index (κ2) is 5.90. The van der Waals surface area contributed by atoms with Crippen LogP contribution in [-0.4, -0.2) is 20.4 Å². The van der Waals surface area contributed by atoms with E-state index in [4.69, 9.17) is 0 Å². The summed E-state index contributed by atoms with van der Waals surface area (Å²) < 4.78 is 15.4. The van der Waals surface area contributed by atoms with Gasteiger partial charge in [-0.3, -0.25) is 4.79 Å². The monoisotopic (exact) mass is 334 g/mol. The fraction of sp³-hybridized carbons (Fsp3) is 0.0526. The third-order valence-corrected chi connectivity index (χ3v) is 4.08. The maximum absolute atomic E-state index is 13.5. The minimum atomic E-state index is -0.325. The topological polar surface area (TPSA) is 62.7 Å². The molecule has 0 radical (unpaired) electrons. The normalized spacial score (nSPS) is 11.0. The predicted molar refractivity (Wildman–Crippen MR) is 94.5 cm³/mol. The van der Waals surface area contributed by atoms with Gasteiger partial charge < -0.3 is 14.9 Å². The highest BCUT2D eigenvalue weighted by Crippen LogP contribution is 2.22. The summed E-state index contributed by atoms with van der Waals surface area (Å²) in [6, 6.07) is 12.0. The average molecular weight is 334 g/mol. The van der Waals surface area contributed by atoms with E-state index in [0.29, 0.717) is 16.9 Å². The van der Waals surface area contributed by atoms with Gasteiger partial charge in [0.15, 0.2) is 0 Å². The number of nitrogens with zero attached hydrogens (tertiary/aromatic N) is 2. The van der Waals surface area contributed by atoms with Gasteiger partial charge in [0.05, 0.1) is 6.33 Å². The molecule has 1 amide bonds. The Morgan fingerprint density at radius 1 is 1.20 bits per heavy atom. The van der Waals surface area contributed by atoms with Crippen LogP contribution in [0.25, 0.3) is 16.6 Å². The second-order valence-electron chi connectivity index (χ2n) is 5.84. The number of carbonyl (C=O) groups excluding carboxylic acids is 1. The lowest BCUT2D eigenvalue weighted by Crippen LogP contribution is -2.12. The molecular formula is C19H15FN4O. The molecule has 2 aromatic heterocycles. The van der Waals surface area contributed by atoms with Crippen LogP contribution in [0.5, 0.6) is 0 Å². The summed E-state index contributed by atoms with van der Waals surface area (Å²) in [5.41, 5.74) is 3.41. The van der Waals surface area contributed by atoms with E-state index in [9.17, 15) is 9.18 Å². The molecular weight excluding hydrogens is 319 g/mol. The van der Waals surface area contributed by atoms with E-state index in [1.807, 2.05) is 42.0 Å². The van der Waals surface area contributed by atoms with Crippen LogP contribution in [0, 0.1) is 12.7 Å². The Labute approximate surface area is 143 Å². The Bertz CT molecular complexity index is 1050. The Morgan fingerprint density at radius 3 is 2.72 bits per heavy atom. The second-order valence-corrected chi connectivity index (χ2v) is 5.84. The highest BCUT2D eigenvalue weighted by molar-refractivity contribution is 6.06. The molecule has 0 saturated carbocycles. The number of carbonyl (C=O) groups is 1. The van der Waals surface area contributed by atoms with Gasteiger partial charge in [0.2, 0.25) is 0 Å². The molecule has 6 heteroatoms. The first-order valence-corrected chi connectivity index (χ1v) is 7.79. The van der Waals surface area contributed by atoms with E-state index in [2.05, 4.69) is 15.3 Å². The number of fused-ring (bicyclic) bond motifs is 1. The number of imidazole rings is 1. The summed E-state index contributed by atoms with van der Waals surface area (Å²) in [7, 11) is 0. The number of rotatable bonds is 3. The molecule has 2 N–H and O–H groups in total. The van der Waals surface area contributed by atoms with Crippen molar-refractivity contribution >= 4 is 22.5 Å². The molecule has 0 aliphatic rings. The summed E-state index contributed by atoms with van der Waals surface area (Å²) in [6.07, 6.45) is 5.26. The van der Waals surface area contributed by atoms with E-state index >= 15 is 0 Å². The highest BCUT2D eigenvalue weighted by Gasteiger charge is 2.12. The molecule has 0 saturated heterocycles. The number of H-pyrrole nitrogens is 1. The number of aromatic amines is 1. The molecule has 5 nitrogen and oxygen atoms in total. The quantitative estimate of drug-likeness (QED) is 0.593. The fourth-order valence-electron chi connectivity index (χ4n) is 2.82. The number of anilines is 1. The fourth-order valence-corrected chi connectivity index (χ4v) is 2.82. The number of hydrogen-bond donors (Lipinski definition) is 2. The zero-order valence-corrected chi connectivity index (χ0v) is 13.5. The van der Waals surface area contributed by atoms with Crippen molar-refractivity contribution < 1.29 is 9.18 Å². The van der Waals surface area contributed by atoms with Gasteiger partial charge in [0, 0.05) is 34.7 Å². The van der Waals surface area contributed by atoms with Gasteiger partial charge in [-0.15, -0.1) is 0 Å². The molecule has 2 aromatic carbocycles. The van der Waals surface area contributed by atoms with Crippen LogP contribution < -0.4 is 5.32 Å². The standard InChI is InChI=1S/C19H15FN4O/c1-12-8-13(20)9-17-16(12)10-18(23-17)19(25)22-14-2-4-15(5-3-14)24-7-6-21-11-24/h2-11,23H,1H3,(H,22,25). The van der Waals surface area contributed by atoms with Crippen molar-refractivity contribution in [2.75, 3.05) is 5.32 Å². The first kappa shape index (κ1) is 15.1. The zero-order chi connectivity index (χ0) is 17.4. The van der Waals surface area contributed by atoms with Crippen LogP contribution in [0.15, 0.2) is 61.2 Å². The van der Waals surface area contributed by atoms with Crippen molar-refractivity contribution in [3.63, 3.8) is 0 Å². The highest BCUT2D eigenvalue weighted by atomic mass is 19.1. The summed E-state index contributed by atoms with van der Waals surface area (Å²) in [6.45, 7) is 1.82. The Balaban J connectivity index is 1.56. The first-order valence-electron chi connectivity index (χ1n) is 7.79. The first-order chi connectivity index (χ1) is 12.1. The summed E-state index contributed by atoms with van der Waals surface area (Å²) in [4.78, 5) is 19.4. The largest absolute Gasteiger partial charge is 0.350 e. The van der Waals surface area contributed by atoms with Crippen molar-refractivity contribution in [1.29, 1.82) is 0 Å². The number of aromatic nitrogens is 3. The smallest absolute Gasteiger partial charge is 0.272 e. The Morgan fingerprint density at radius 2 is 2.00 bits per heavy atom. The Kier molecular flexibility index (Phi) is 3.57. The molecule has 0 fully saturated rings. The number of benzene rings is 2. The van der Waals surface area contributed by atoms with E-state index in [-0.39, 0.29) is 11.7 Å². The maximum Gasteiger partial charge on any atom is 0.272 e. The minimum Gasteiger partial charge on any atom is -0.350 e. The van der Waals surface area contributed by atoms with Crippen molar-refractivity contribution in [2.45, 2.75) is 6.92 Å². The van der Waals surface area contributed by atoms with Gasteiger partial charge in [0.25, 0.3) is 5.91 Å². The summed E-state index contributed by atoms with van der Waals surface area (Å²) in [5.74, 6) is -0.597. The van der Waals surface area contributed by atoms with Gasteiger partial charge >= 0.3 is 0 Å². The van der Waals surface area contributed by atoms with Gasteiger partial charge in [-0.05, 0) is 55.0 Å². The van der Waals surface area contributed by atoms with Gasteiger partial charge in [-0.1, -0.05) is 0 Å². The molecule has 0 bridgehead atoms. The van der Waals surface area contributed by atoms with Crippen LogP contribution in [-0.2, 0) is 0 Å². The maximum atomic E-state index is 13.5. The molecule has 0 unspecified atom stereocenters. The lowest BCUT2D eigenvalue weighted by Gasteiger charge is -2.06. The van der Waals surface area contributed by atoms with Crippen molar-refractivity contribution in [3.8, 4) is 5.69 Å². The number of aryl methyl sites for hydroxylation is 1. The van der Waals surface area contributed by atoms with Crippen molar-refractivity contribution in [1.82, 2.24) is 14.5 Å². The predicted octanol–water partition coefficient (Wildman–Crippen LogP) is 4.05. The minimum absolute atomic E-state index is 0.272. The molecule has 0 aliphatic heterocycles. The molecule has 4 aromatic rings. The van der Waals surface area contributed by atoms with E-state index in [1.54, 1.807) is 18.6 Å². The lowest BCUT2D eigenvalue weighted by atomic mass is 10.1. The summed E-state index contributed by atoms with van der Waals surface area (Å²) >= 11 is 0.